The van der Waals surface area contributed by atoms with Gasteiger partial charge in [-0.2, -0.15) is 5.10 Å². The van der Waals surface area contributed by atoms with Crippen LogP contribution in [0.3, 0.4) is 0 Å². The van der Waals surface area contributed by atoms with Crippen LogP contribution in [0.1, 0.15) is 31.2 Å². The summed E-state index contributed by atoms with van der Waals surface area (Å²) < 4.78 is 1.79. The topological polar surface area (TPSA) is 46.9 Å². The number of rotatable bonds is 4. The van der Waals surface area contributed by atoms with Crippen LogP contribution in [0.2, 0.25) is 0 Å². The highest BCUT2D eigenvalue weighted by Gasteiger charge is 2.42. The molecule has 1 N–H and O–H groups in total. The van der Waals surface area contributed by atoms with Gasteiger partial charge in [-0.1, -0.05) is 0 Å². The van der Waals surface area contributed by atoms with E-state index in [0.717, 1.165) is 18.4 Å². The highest BCUT2D eigenvalue weighted by molar-refractivity contribution is 5.82. The fraction of sp³-hybridized carbons (Fsp3) is 0.692. The lowest BCUT2D eigenvalue weighted by Crippen LogP contribution is -2.28. The van der Waals surface area contributed by atoms with E-state index in [4.69, 9.17) is 0 Å². The Balaban J connectivity index is 1.54. The van der Waals surface area contributed by atoms with Crippen molar-refractivity contribution in [3.63, 3.8) is 0 Å². The molecular weight excluding hydrogens is 214 g/mol. The van der Waals surface area contributed by atoms with Gasteiger partial charge in [-0.15, -0.1) is 0 Å². The van der Waals surface area contributed by atoms with Gasteiger partial charge >= 0.3 is 0 Å². The van der Waals surface area contributed by atoms with Gasteiger partial charge in [-0.3, -0.25) is 9.48 Å². The Hall–Kier alpha value is -1.16. The molecule has 0 aromatic carbocycles. The molecular formula is C13H19N3O. The minimum atomic E-state index is 0.283. The van der Waals surface area contributed by atoms with Gasteiger partial charge in [0.1, 0.15) is 5.78 Å². The molecule has 1 aromatic heterocycles. The van der Waals surface area contributed by atoms with Gasteiger partial charge in [0.05, 0.1) is 6.20 Å². The number of nitrogens with zero attached hydrogens (tertiary/aromatic N) is 2. The predicted molar refractivity (Wildman–Crippen MR) is 64.6 cm³/mol. The fourth-order valence-electron chi connectivity index (χ4n) is 3.23. The first-order valence-corrected chi connectivity index (χ1v) is 6.48. The highest BCUT2D eigenvalue weighted by atomic mass is 16.1. The first kappa shape index (κ1) is 11.0. The second-order valence-electron chi connectivity index (χ2n) is 5.38. The van der Waals surface area contributed by atoms with Gasteiger partial charge in [-0.05, 0) is 31.2 Å². The molecule has 0 amide bonds. The van der Waals surface area contributed by atoms with Gasteiger partial charge in [-0.25, -0.2) is 0 Å². The Labute approximate surface area is 101 Å². The third kappa shape index (κ3) is 2.14. The summed E-state index contributed by atoms with van der Waals surface area (Å²) in [4.78, 5) is 12.1. The summed E-state index contributed by atoms with van der Waals surface area (Å²) in [7, 11) is 1.91. The van der Waals surface area contributed by atoms with E-state index in [1.807, 2.05) is 19.4 Å². The molecule has 3 atom stereocenters. The monoisotopic (exact) mass is 233 g/mol. The van der Waals surface area contributed by atoms with Gasteiger partial charge in [0.25, 0.3) is 0 Å². The van der Waals surface area contributed by atoms with E-state index in [2.05, 4.69) is 10.4 Å². The zero-order chi connectivity index (χ0) is 11.8. The van der Waals surface area contributed by atoms with E-state index >= 15 is 0 Å². The molecule has 2 aliphatic heterocycles. The van der Waals surface area contributed by atoms with Crippen LogP contribution in [0.15, 0.2) is 12.4 Å². The lowest BCUT2D eigenvalue weighted by molar-refractivity contribution is -0.123. The Bertz CT molecular complexity index is 426. The maximum atomic E-state index is 12.1. The fourth-order valence-corrected chi connectivity index (χ4v) is 3.23. The molecule has 17 heavy (non-hydrogen) atoms. The molecule has 1 aromatic rings. The molecule has 2 bridgehead atoms. The van der Waals surface area contributed by atoms with Crippen molar-refractivity contribution in [1.82, 2.24) is 15.1 Å². The molecule has 3 heterocycles. The Morgan fingerprint density at radius 2 is 2.47 bits per heavy atom. The third-order valence-corrected chi connectivity index (χ3v) is 4.13. The van der Waals surface area contributed by atoms with Crippen molar-refractivity contribution < 1.29 is 4.79 Å². The summed E-state index contributed by atoms with van der Waals surface area (Å²) >= 11 is 0. The number of fused-ring (bicyclic) bond motifs is 2. The molecule has 0 spiro atoms. The van der Waals surface area contributed by atoms with Crippen molar-refractivity contribution in [3.05, 3.63) is 18.0 Å². The summed E-state index contributed by atoms with van der Waals surface area (Å²) in [6.45, 7) is 0. The first-order chi connectivity index (χ1) is 8.22. The summed E-state index contributed by atoms with van der Waals surface area (Å²) in [5.74, 6) is 0.721. The Morgan fingerprint density at radius 3 is 3.06 bits per heavy atom. The molecule has 4 nitrogen and oxygen atoms in total. The van der Waals surface area contributed by atoms with E-state index in [9.17, 15) is 4.79 Å². The molecule has 3 rings (SSSR count). The lowest BCUT2D eigenvalue weighted by Gasteiger charge is -2.18. The lowest BCUT2D eigenvalue weighted by atomic mass is 9.84. The molecule has 0 radical (unpaired) electrons. The van der Waals surface area contributed by atoms with Gasteiger partial charge in [0.15, 0.2) is 0 Å². The van der Waals surface area contributed by atoms with Crippen molar-refractivity contribution in [1.29, 1.82) is 0 Å². The quantitative estimate of drug-likeness (QED) is 0.846. The van der Waals surface area contributed by atoms with Crippen LogP contribution in [0, 0.1) is 5.92 Å². The number of Topliss-reactive ketones (excluding diaryl/α,β-unsaturated/α-hetero) is 1. The van der Waals surface area contributed by atoms with E-state index in [0.29, 0.717) is 24.3 Å². The number of hydrogen-bond donors (Lipinski definition) is 1. The van der Waals surface area contributed by atoms with Crippen LogP contribution < -0.4 is 5.32 Å². The Morgan fingerprint density at radius 1 is 1.59 bits per heavy atom. The molecule has 92 valence electrons. The minimum absolute atomic E-state index is 0.283. The zero-order valence-corrected chi connectivity index (χ0v) is 10.2. The maximum Gasteiger partial charge on any atom is 0.137 e. The Kier molecular flexibility index (Phi) is 2.74. The highest BCUT2D eigenvalue weighted by Crippen LogP contribution is 2.34. The number of hydrogen-bond acceptors (Lipinski definition) is 3. The third-order valence-electron chi connectivity index (χ3n) is 4.13. The van der Waals surface area contributed by atoms with E-state index in [1.165, 1.54) is 12.8 Å². The summed E-state index contributed by atoms with van der Waals surface area (Å²) in [5.41, 5.74) is 1.16. The van der Waals surface area contributed by atoms with Crippen molar-refractivity contribution in [2.45, 2.75) is 44.2 Å². The maximum absolute atomic E-state index is 12.1. The molecule has 3 unspecified atom stereocenters. The van der Waals surface area contributed by atoms with E-state index in [-0.39, 0.29) is 5.92 Å². The van der Waals surface area contributed by atoms with Crippen molar-refractivity contribution in [3.8, 4) is 0 Å². The molecule has 4 heteroatoms. The zero-order valence-electron chi connectivity index (χ0n) is 10.2. The smallest absolute Gasteiger partial charge is 0.137 e. The number of aromatic nitrogens is 2. The average Bonchev–Trinajstić information content (AvgIpc) is 3.01. The number of aryl methyl sites for hydroxylation is 2. The summed E-state index contributed by atoms with van der Waals surface area (Å²) in [6, 6.07) is 1.09. The largest absolute Gasteiger partial charge is 0.310 e. The van der Waals surface area contributed by atoms with Crippen LogP contribution >= 0.6 is 0 Å². The van der Waals surface area contributed by atoms with Gasteiger partial charge < -0.3 is 5.32 Å². The van der Waals surface area contributed by atoms with Crippen molar-refractivity contribution in [2.24, 2.45) is 13.0 Å². The molecule has 0 saturated carbocycles. The number of nitrogens with one attached hydrogen (secondary N) is 1. The van der Waals surface area contributed by atoms with Crippen LogP contribution in [-0.4, -0.2) is 27.6 Å². The van der Waals surface area contributed by atoms with Gasteiger partial charge in [0.2, 0.25) is 0 Å². The normalized spacial score (nSPS) is 31.0. The van der Waals surface area contributed by atoms with Crippen molar-refractivity contribution in [2.75, 3.05) is 0 Å². The van der Waals surface area contributed by atoms with Crippen LogP contribution in [0.5, 0.6) is 0 Å². The second-order valence-corrected chi connectivity index (χ2v) is 5.38. The summed E-state index contributed by atoms with van der Waals surface area (Å²) in [5, 5.41) is 7.65. The summed E-state index contributed by atoms with van der Waals surface area (Å²) in [6.07, 6.45) is 8.86. The molecule has 0 aliphatic carbocycles. The molecule has 2 aliphatic rings. The first-order valence-electron chi connectivity index (χ1n) is 6.48. The molecule has 2 fully saturated rings. The molecule has 2 saturated heterocycles. The van der Waals surface area contributed by atoms with Crippen LogP contribution in [0.4, 0.5) is 0 Å². The van der Waals surface area contributed by atoms with E-state index in [1.54, 1.807) is 4.68 Å². The SMILES string of the molecule is Cn1cc(CCC(=O)C2CC3CCC2N3)cn1. The van der Waals surface area contributed by atoms with E-state index < -0.39 is 0 Å². The predicted octanol–water partition coefficient (Wildman–Crippen LogP) is 1.06. The van der Waals surface area contributed by atoms with Crippen LogP contribution in [0.25, 0.3) is 0 Å². The second kappa shape index (κ2) is 4.26. The number of ketones is 1. The minimum Gasteiger partial charge on any atom is -0.310 e. The van der Waals surface area contributed by atoms with Gasteiger partial charge in [0, 0.05) is 37.7 Å². The van der Waals surface area contributed by atoms with Crippen LogP contribution in [-0.2, 0) is 18.3 Å². The van der Waals surface area contributed by atoms with Crippen molar-refractivity contribution >= 4 is 5.78 Å². The average molecular weight is 233 g/mol. The standard InChI is InChI=1S/C13H19N3O/c1-16-8-9(7-14-16)2-5-13(17)11-6-10-3-4-12(11)15-10/h7-8,10-12,15H,2-6H2,1H3. The number of carbonyl (C=O) groups is 1. The number of carbonyl (C=O) groups excluding carboxylic acids is 1.